The van der Waals surface area contributed by atoms with Gasteiger partial charge in [-0.25, -0.2) is 0 Å². The lowest BCUT2D eigenvalue weighted by atomic mass is 9.33. The smallest absolute Gasteiger partial charge is 0.252 e. The summed E-state index contributed by atoms with van der Waals surface area (Å²) in [5, 5.41) is 4.77. The van der Waals surface area contributed by atoms with Gasteiger partial charge in [-0.05, 0) is 109 Å². The Hall–Kier alpha value is -6.52. The van der Waals surface area contributed by atoms with Crippen LogP contribution >= 0.6 is 0 Å². The third-order valence-corrected chi connectivity index (χ3v) is 13.5. The van der Waals surface area contributed by atoms with Gasteiger partial charge in [0.05, 0.1) is 5.69 Å². The summed E-state index contributed by atoms with van der Waals surface area (Å²) < 4.78 is 6.52. The van der Waals surface area contributed by atoms with Crippen molar-refractivity contribution in [3.8, 4) is 11.1 Å². The first-order valence-electron chi connectivity index (χ1n) is 22.2. The van der Waals surface area contributed by atoms with Crippen LogP contribution in [0.5, 0.6) is 0 Å². The molecule has 4 heteroatoms. The van der Waals surface area contributed by atoms with Gasteiger partial charge >= 0.3 is 0 Å². The molecule has 0 saturated heterocycles. The summed E-state index contributed by atoms with van der Waals surface area (Å²) >= 11 is 0. The van der Waals surface area contributed by atoms with Crippen LogP contribution in [0.4, 0.5) is 34.1 Å². The number of para-hydroxylation sites is 2. The maximum absolute atomic E-state index is 6.52. The van der Waals surface area contributed by atoms with Gasteiger partial charge in [-0.15, -0.1) is 0 Å². The van der Waals surface area contributed by atoms with Gasteiger partial charge in [-0.2, -0.15) is 0 Å². The Bertz CT molecular complexity index is 3260. The van der Waals surface area contributed by atoms with Crippen LogP contribution in [-0.2, 0) is 16.2 Å². The van der Waals surface area contributed by atoms with E-state index in [1.165, 1.54) is 72.3 Å². The van der Waals surface area contributed by atoms with Crippen molar-refractivity contribution in [3.05, 3.63) is 174 Å². The lowest BCUT2D eigenvalue weighted by molar-refractivity contribution is 0.589. The lowest BCUT2D eigenvalue weighted by Gasteiger charge is -2.46. The number of anilines is 6. The van der Waals surface area contributed by atoms with Gasteiger partial charge in [-0.3, -0.25) is 0 Å². The standard InChI is InChI=1S/C58H53BN2O/c1-56(2,3)38-27-31-49-47(32-38)59-46-30-26-39(57(4,5)6)33-50(46)61(48-22-14-17-36-16-10-11-18-42(36)48)52-35-40(58(7,8)9)34-51(54(52)59)60(49)41-28-24-37(25-29-41)43-20-15-21-45-44-19-12-13-23-53(44)62-55(43)45/h10-35H,1-9H3. The van der Waals surface area contributed by atoms with Crippen molar-refractivity contribution in [2.24, 2.45) is 0 Å². The summed E-state index contributed by atoms with van der Waals surface area (Å²) in [5.41, 5.74) is 19.2. The van der Waals surface area contributed by atoms with Gasteiger partial charge in [0.15, 0.2) is 0 Å². The second-order valence-corrected chi connectivity index (χ2v) is 20.7. The molecule has 2 aliphatic heterocycles. The second kappa shape index (κ2) is 13.5. The molecule has 0 radical (unpaired) electrons. The van der Waals surface area contributed by atoms with Crippen molar-refractivity contribution in [1.82, 2.24) is 0 Å². The van der Waals surface area contributed by atoms with Crippen LogP contribution in [-0.4, -0.2) is 6.71 Å². The highest BCUT2D eigenvalue weighted by Crippen LogP contribution is 2.48. The Morgan fingerprint density at radius 2 is 1.02 bits per heavy atom. The molecule has 1 aromatic heterocycles. The fourth-order valence-corrected chi connectivity index (χ4v) is 10.1. The number of fused-ring (bicyclic) bond motifs is 8. The number of furan rings is 1. The van der Waals surface area contributed by atoms with E-state index in [4.69, 9.17) is 4.42 Å². The first kappa shape index (κ1) is 38.4. The first-order valence-corrected chi connectivity index (χ1v) is 22.2. The van der Waals surface area contributed by atoms with E-state index < -0.39 is 0 Å². The van der Waals surface area contributed by atoms with Gasteiger partial charge in [0.25, 0.3) is 6.71 Å². The first-order chi connectivity index (χ1) is 29.6. The zero-order chi connectivity index (χ0) is 42.9. The fourth-order valence-electron chi connectivity index (χ4n) is 10.1. The largest absolute Gasteiger partial charge is 0.455 e. The van der Waals surface area contributed by atoms with Crippen LogP contribution in [0.2, 0.25) is 0 Å². The topological polar surface area (TPSA) is 19.6 Å². The van der Waals surface area contributed by atoms with Crippen molar-refractivity contribution in [3.63, 3.8) is 0 Å². The molecule has 62 heavy (non-hydrogen) atoms. The number of nitrogens with zero attached hydrogens (tertiary/aromatic N) is 2. The summed E-state index contributed by atoms with van der Waals surface area (Å²) in [6, 6.07) is 59.2. The molecule has 0 saturated carbocycles. The summed E-state index contributed by atoms with van der Waals surface area (Å²) in [7, 11) is 0. The third kappa shape index (κ3) is 5.94. The maximum atomic E-state index is 6.52. The summed E-state index contributed by atoms with van der Waals surface area (Å²) in [5.74, 6) is 0. The van der Waals surface area contributed by atoms with Crippen LogP contribution in [0.25, 0.3) is 43.8 Å². The molecular weight excluding hydrogens is 751 g/mol. The van der Waals surface area contributed by atoms with Gasteiger partial charge in [0, 0.05) is 50.2 Å². The lowest BCUT2D eigenvalue weighted by Crippen LogP contribution is -2.61. The SMILES string of the molecule is CC(C)(C)c1ccc2c(c1)B1c3ccc(C(C)(C)C)cc3N(c3cccc4ccccc34)c3cc(C(C)(C)C)cc(c31)N2c1ccc(-c2cccc3c2oc2ccccc23)cc1. The van der Waals surface area contributed by atoms with Crippen LogP contribution in [0.15, 0.2) is 162 Å². The molecule has 0 fully saturated rings. The van der Waals surface area contributed by atoms with E-state index in [0.29, 0.717) is 0 Å². The van der Waals surface area contributed by atoms with Crippen LogP contribution < -0.4 is 26.2 Å². The Kier molecular flexibility index (Phi) is 8.36. The van der Waals surface area contributed by atoms with E-state index in [2.05, 4.69) is 224 Å². The Morgan fingerprint density at radius 1 is 0.419 bits per heavy atom. The van der Waals surface area contributed by atoms with E-state index in [1.54, 1.807) is 0 Å². The monoisotopic (exact) mass is 804 g/mol. The highest BCUT2D eigenvalue weighted by molar-refractivity contribution is 7.00. The summed E-state index contributed by atoms with van der Waals surface area (Å²) in [6.07, 6.45) is 0. The second-order valence-electron chi connectivity index (χ2n) is 20.7. The fraction of sp³-hybridized carbons (Fsp3) is 0.207. The molecule has 9 aromatic rings. The molecule has 0 N–H and O–H groups in total. The minimum Gasteiger partial charge on any atom is -0.455 e. The van der Waals surface area contributed by atoms with Gasteiger partial charge in [0.2, 0.25) is 0 Å². The Balaban J connectivity index is 1.20. The van der Waals surface area contributed by atoms with E-state index >= 15 is 0 Å². The number of benzene rings is 8. The zero-order valence-electron chi connectivity index (χ0n) is 37.4. The molecular formula is C58H53BN2O. The van der Waals surface area contributed by atoms with Crippen LogP contribution in [0.1, 0.15) is 79.0 Å². The predicted octanol–water partition coefficient (Wildman–Crippen LogP) is 14.4. The number of hydrogen-bond acceptors (Lipinski definition) is 3. The quantitative estimate of drug-likeness (QED) is 0.166. The van der Waals surface area contributed by atoms with Crippen LogP contribution in [0, 0.1) is 0 Å². The summed E-state index contributed by atoms with van der Waals surface area (Å²) in [6.45, 7) is 21.1. The average Bonchev–Trinajstić information content (AvgIpc) is 3.64. The predicted molar refractivity (Wildman–Crippen MR) is 267 cm³/mol. The minimum absolute atomic E-state index is 0.0268. The number of rotatable bonds is 3. The molecule has 2 aliphatic rings. The van der Waals surface area contributed by atoms with Crippen molar-refractivity contribution in [1.29, 1.82) is 0 Å². The van der Waals surface area contributed by atoms with Crippen molar-refractivity contribution < 1.29 is 4.42 Å². The van der Waals surface area contributed by atoms with Gasteiger partial charge in [0.1, 0.15) is 11.2 Å². The molecule has 304 valence electrons. The zero-order valence-corrected chi connectivity index (χ0v) is 37.4. The summed E-state index contributed by atoms with van der Waals surface area (Å²) in [4.78, 5) is 5.15. The van der Waals surface area contributed by atoms with Crippen molar-refractivity contribution in [2.45, 2.75) is 78.6 Å². The molecule has 11 rings (SSSR count). The molecule has 3 heterocycles. The highest BCUT2D eigenvalue weighted by atomic mass is 16.3. The normalized spacial score (nSPS) is 13.8. The molecule has 3 nitrogen and oxygen atoms in total. The Morgan fingerprint density at radius 3 is 1.76 bits per heavy atom. The van der Waals surface area contributed by atoms with Crippen molar-refractivity contribution in [2.75, 3.05) is 9.80 Å². The van der Waals surface area contributed by atoms with Gasteiger partial charge in [-0.1, -0.05) is 172 Å². The maximum Gasteiger partial charge on any atom is 0.252 e. The molecule has 0 bridgehead atoms. The molecule has 0 aliphatic carbocycles. The molecule has 8 aromatic carbocycles. The average molecular weight is 805 g/mol. The highest BCUT2D eigenvalue weighted by Gasteiger charge is 2.45. The third-order valence-electron chi connectivity index (χ3n) is 13.5. The van der Waals surface area contributed by atoms with E-state index in [0.717, 1.165) is 38.8 Å². The van der Waals surface area contributed by atoms with E-state index in [9.17, 15) is 0 Å². The van der Waals surface area contributed by atoms with Crippen molar-refractivity contribution >= 4 is 89.9 Å². The molecule has 0 amide bonds. The minimum atomic E-state index is -0.115. The molecule has 0 unspecified atom stereocenters. The molecule has 0 spiro atoms. The van der Waals surface area contributed by atoms with Gasteiger partial charge < -0.3 is 14.2 Å². The van der Waals surface area contributed by atoms with E-state index in [1.807, 2.05) is 6.07 Å². The Labute approximate surface area is 366 Å². The van der Waals surface area contributed by atoms with Crippen LogP contribution in [0.3, 0.4) is 0 Å². The number of hydrogen-bond donors (Lipinski definition) is 0. The molecule has 0 atom stereocenters. The van der Waals surface area contributed by atoms with E-state index in [-0.39, 0.29) is 23.0 Å².